The summed E-state index contributed by atoms with van der Waals surface area (Å²) >= 11 is 0. The van der Waals surface area contributed by atoms with Crippen LogP contribution >= 0.6 is 15.6 Å². The lowest BCUT2D eigenvalue weighted by molar-refractivity contribution is -0.161. The number of phosphoric acid groups is 2. The molecule has 17 nitrogen and oxygen atoms in total. The van der Waals surface area contributed by atoms with Crippen LogP contribution in [0.15, 0.2) is 0 Å². The average molecular weight is 1330 g/mol. The molecule has 0 rings (SSSR count). The molecule has 0 aromatic heterocycles. The van der Waals surface area contributed by atoms with Gasteiger partial charge < -0.3 is 33.8 Å². The average Bonchev–Trinajstić information content (AvgIpc) is 3.11. The molecule has 0 fully saturated rings. The molecule has 0 radical (unpaired) electrons. The van der Waals surface area contributed by atoms with Gasteiger partial charge in [-0.1, -0.05) is 311 Å². The number of hydrogen-bond acceptors (Lipinski definition) is 15. The molecule has 0 bridgehead atoms. The van der Waals surface area contributed by atoms with E-state index in [4.69, 9.17) is 37.0 Å². The van der Waals surface area contributed by atoms with Crippen LogP contribution < -0.4 is 0 Å². The zero-order valence-electron chi connectivity index (χ0n) is 58.4. The van der Waals surface area contributed by atoms with Crippen molar-refractivity contribution in [2.24, 2.45) is 11.8 Å². The normalized spacial score (nSPS) is 14.4. The van der Waals surface area contributed by atoms with E-state index in [1.54, 1.807) is 0 Å². The summed E-state index contributed by atoms with van der Waals surface area (Å²) in [6, 6.07) is 0. The third-order valence-corrected chi connectivity index (χ3v) is 18.7. The summed E-state index contributed by atoms with van der Waals surface area (Å²) in [5.74, 6) is -0.537. The zero-order chi connectivity index (χ0) is 66.5. The molecule has 534 valence electrons. The van der Waals surface area contributed by atoms with Crippen molar-refractivity contribution in [1.29, 1.82) is 0 Å². The fourth-order valence-electron chi connectivity index (χ4n) is 10.7. The number of ether oxygens (including phenoxy) is 4. The minimum Gasteiger partial charge on any atom is -0.462 e. The number of hydrogen-bond donors (Lipinski definition) is 3. The van der Waals surface area contributed by atoms with E-state index >= 15 is 0 Å². The van der Waals surface area contributed by atoms with Crippen molar-refractivity contribution in [2.75, 3.05) is 39.6 Å². The molecule has 0 spiro atoms. The molecule has 0 aromatic rings. The van der Waals surface area contributed by atoms with Gasteiger partial charge in [0.05, 0.1) is 26.4 Å². The number of esters is 4. The van der Waals surface area contributed by atoms with Crippen LogP contribution in [0.1, 0.15) is 363 Å². The van der Waals surface area contributed by atoms with Crippen molar-refractivity contribution in [3.8, 4) is 0 Å². The number of unbranched alkanes of at least 4 members (excludes halogenated alkanes) is 39. The lowest BCUT2D eigenvalue weighted by Gasteiger charge is -2.21. The van der Waals surface area contributed by atoms with Crippen LogP contribution in [0.3, 0.4) is 0 Å². The van der Waals surface area contributed by atoms with Gasteiger partial charge in [-0.15, -0.1) is 0 Å². The maximum absolute atomic E-state index is 13.0. The molecule has 0 saturated heterocycles. The van der Waals surface area contributed by atoms with Crippen LogP contribution in [0, 0.1) is 11.8 Å². The number of phosphoric ester groups is 2. The van der Waals surface area contributed by atoms with Gasteiger partial charge in [-0.05, 0) is 37.5 Å². The van der Waals surface area contributed by atoms with Crippen molar-refractivity contribution >= 4 is 39.5 Å². The second-order valence-corrected chi connectivity index (χ2v) is 29.3. The largest absolute Gasteiger partial charge is 0.472 e. The first-order valence-electron chi connectivity index (χ1n) is 37.0. The molecule has 3 N–H and O–H groups in total. The first-order valence-corrected chi connectivity index (χ1v) is 40.0. The molecule has 0 aliphatic carbocycles. The predicted octanol–water partition coefficient (Wildman–Crippen LogP) is 20.4. The standard InChI is InChI=1S/C71H138O17P2/c1-7-10-12-14-15-16-17-27-30-37-43-49-55-70(75)87-66(59-81-68(73)53-47-39-13-11-8-2)61-85-89(77,78)83-57-65(72)58-84-90(79,80)86-62-67(60-82-69(74)54-48-42-36-33-32-35-41-46-52-64(6)9-3)88-71(76)56-50-44-38-31-28-25-23-21-19-18-20-22-24-26-29-34-40-45-51-63(4)5/h63-67,72H,7-62H2,1-6H3,(H,77,78)(H,79,80)/t64?,65-,66+,67+/m0/s1. The Labute approximate surface area is 549 Å². The van der Waals surface area contributed by atoms with Crippen LogP contribution in [0.25, 0.3) is 0 Å². The van der Waals surface area contributed by atoms with Crippen molar-refractivity contribution in [3.05, 3.63) is 0 Å². The molecule has 3 unspecified atom stereocenters. The summed E-state index contributed by atoms with van der Waals surface area (Å²) in [5, 5.41) is 10.6. The van der Waals surface area contributed by atoms with Gasteiger partial charge in [0.1, 0.15) is 19.3 Å². The lowest BCUT2D eigenvalue weighted by Crippen LogP contribution is -2.30. The summed E-state index contributed by atoms with van der Waals surface area (Å²) in [5.41, 5.74) is 0. The number of aliphatic hydroxyl groups excluding tert-OH is 1. The molecule has 0 saturated carbocycles. The van der Waals surface area contributed by atoms with Crippen molar-refractivity contribution in [3.63, 3.8) is 0 Å². The fraction of sp³-hybridized carbons (Fsp3) is 0.944. The highest BCUT2D eigenvalue weighted by Gasteiger charge is 2.30. The summed E-state index contributed by atoms with van der Waals surface area (Å²) in [6.45, 7) is 9.50. The van der Waals surface area contributed by atoms with E-state index in [2.05, 4.69) is 41.5 Å². The first-order chi connectivity index (χ1) is 43.4. The monoisotopic (exact) mass is 1320 g/mol. The minimum absolute atomic E-state index is 0.106. The fourth-order valence-corrected chi connectivity index (χ4v) is 12.3. The number of carbonyl (C=O) groups is 4. The van der Waals surface area contributed by atoms with Gasteiger partial charge in [-0.2, -0.15) is 0 Å². The van der Waals surface area contributed by atoms with Gasteiger partial charge in [-0.25, -0.2) is 9.13 Å². The van der Waals surface area contributed by atoms with Gasteiger partial charge in [0.25, 0.3) is 0 Å². The molecule has 0 aliphatic heterocycles. The van der Waals surface area contributed by atoms with Crippen LogP contribution in [0.2, 0.25) is 0 Å². The van der Waals surface area contributed by atoms with E-state index in [1.165, 1.54) is 173 Å². The number of carbonyl (C=O) groups excluding carboxylic acids is 4. The Kier molecular flexibility index (Phi) is 61.8. The highest BCUT2D eigenvalue weighted by Crippen LogP contribution is 2.45. The molecular weight excluding hydrogens is 1190 g/mol. The maximum atomic E-state index is 13.0. The van der Waals surface area contributed by atoms with Gasteiger partial charge in [0.15, 0.2) is 12.2 Å². The van der Waals surface area contributed by atoms with Gasteiger partial charge in [-0.3, -0.25) is 37.3 Å². The van der Waals surface area contributed by atoms with E-state index in [0.29, 0.717) is 25.7 Å². The Hall–Kier alpha value is -1.94. The number of aliphatic hydroxyl groups is 1. The van der Waals surface area contributed by atoms with Crippen LogP contribution in [-0.4, -0.2) is 96.7 Å². The lowest BCUT2D eigenvalue weighted by atomic mass is 9.99. The molecule has 19 heteroatoms. The Morgan fingerprint density at radius 3 is 0.844 bits per heavy atom. The van der Waals surface area contributed by atoms with Crippen molar-refractivity contribution in [2.45, 2.75) is 381 Å². The molecule has 0 aliphatic rings. The van der Waals surface area contributed by atoms with E-state index in [-0.39, 0.29) is 25.7 Å². The SMILES string of the molecule is CCCCCCCCCCCCCCC(=O)O[C@H](COC(=O)CCCCCCC)COP(=O)(O)OC[C@H](O)COP(=O)(O)OC[C@@H](COC(=O)CCCCCCCCCCC(C)CC)OC(=O)CCCCCCCCCCCCCCCCCCCCC(C)C. The maximum Gasteiger partial charge on any atom is 0.472 e. The minimum atomic E-state index is -4.95. The first kappa shape index (κ1) is 88.1. The summed E-state index contributed by atoms with van der Waals surface area (Å²) in [7, 11) is -9.89. The smallest absolute Gasteiger partial charge is 0.462 e. The Bertz CT molecular complexity index is 1750. The molecule has 0 heterocycles. The topological polar surface area (TPSA) is 237 Å². The third-order valence-electron chi connectivity index (χ3n) is 16.8. The highest BCUT2D eigenvalue weighted by molar-refractivity contribution is 7.47. The summed E-state index contributed by atoms with van der Waals surface area (Å²) < 4.78 is 68.1. The zero-order valence-corrected chi connectivity index (χ0v) is 60.2. The van der Waals surface area contributed by atoms with Crippen LogP contribution in [-0.2, 0) is 65.4 Å². The van der Waals surface area contributed by atoms with Gasteiger partial charge in [0.2, 0.25) is 0 Å². The van der Waals surface area contributed by atoms with Gasteiger partial charge >= 0.3 is 39.5 Å². The molecule has 0 aromatic carbocycles. The second-order valence-electron chi connectivity index (χ2n) is 26.3. The summed E-state index contributed by atoms with van der Waals surface area (Å²) in [6.07, 6.45) is 49.0. The second kappa shape index (κ2) is 63.1. The molecule has 90 heavy (non-hydrogen) atoms. The number of rotatable bonds is 70. The van der Waals surface area contributed by atoms with Crippen molar-refractivity contribution < 1.29 is 80.2 Å². The highest BCUT2D eigenvalue weighted by atomic mass is 31.2. The Balaban J connectivity index is 5.11. The Morgan fingerprint density at radius 2 is 0.567 bits per heavy atom. The van der Waals surface area contributed by atoms with Crippen LogP contribution in [0.5, 0.6) is 0 Å². The quantitative estimate of drug-likeness (QED) is 0.0222. The van der Waals surface area contributed by atoms with E-state index in [1.807, 2.05) is 0 Å². The van der Waals surface area contributed by atoms with Crippen molar-refractivity contribution in [1.82, 2.24) is 0 Å². The molecule has 0 amide bonds. The summed E-state index contributed by atoms with van der Waals surface area (Å²) in [4.78, 5) is 72.3. The van der Waals surface area contributed by atoms with Gasteiger partial charge in [0, 0.05) is 25.7 Å². The van der Waals surface area contributed by atoms with E-state index in [9.17, 15) is 43.2 Å². The third kappa shape index (κ3) is 63.5. The predicted molar refractivity (Wildman–Crippen MR) is 363 cm³/mol. The van der Waals surface area contributed by atoms with E-state index < -0.39 is 97.5 Å². The van der Waals surface area contributed by atoms with Crippen LogP contribution in [0.4, 0.5) is 0 Å². The Morgan fingerprint density at radius 1 is 0.322 bits per heavy atom. The molecular formula is C71H138O17P2. The van der Waals surface area contributed by atoms with E-state index in [0.717, 1.165) is 108 Å². The molecule has 6 atom stereocenters.